The molecule has 0 N–H and O–H groups in total. The van der Waals surface area contributed by atoms with Crippen LogP contribution >= 0.6 is 0 Å². The molecule has 0 amide bonds. The molecule has 58 heavy (non-hydrogen) atoms. The van der Waals surface area contributed by atoms with Crippen molar-refractivity contribution in [1.29, 1.82) is 0 Å². The smallest absolute Gasteiger partial charge is 0.164 e. The van der Waals surface area contributed by atoms with Crippen molar-refractivity contribution in [3.05, 3.63) is 200 Å². The van der Waals surface area contributed by atoms with Crippen LogP contribution in [0.2, 0.25) is 0 Å². The Labute approximate surface area is 334 Å². The lowest BCUT2D eigenvalue weighted by Gasteiger charge is -2.18. The highest BCUT2D eigenvalue weighted by Crippen LogP contribution is 2.46. The Bertz CT molecular complexity index is 3490. The van der Waals surface area contributed by atoms with E-state index in [-0.39, 0.29) is 0 Å². The van der Waals surface area contributed by atoms with Gasteiger partial charge in [0, 0.05) is 16.7 Å². The number of fused-ring (bicyclic) bond motifs is 2. The average Bonchev–Trinajstić information content (AvgIpc) is 3.30. The van der Waals surface area contributed by atoms with Crippen molar-refractivity contribution in [1.82, 2.24) is 15.0 Å². The van der Waals surface area contributed by atoms with Crippen LogP contribution in [0.1, 0.15) is 0 Å². The Hall–Kier alpha value is -7.75. The van der Waals surface area contributed by atoms with Crippen LogP contribution in [0.15, 0.2) is 200 Å². The lowest BCUT2D eigenvalue weighted by molar-refractivity contribution is 1.07. The van der Waals surface area contributed by atoms with Gasteiger partial charge >= 0.3 is 0 Å². The van der Waals surface area contributed by atoms with Crippen molar-refractivity contribution in [2.75, 3.05) is 0 Å². The largest absolute Gasteiger partial charge is 0.208 e. The minimum atomic E-state index is 0.636. The molecule has 0 aliphatic carbocycles. The van der Waals surface area contributed by atoms with Gasteiger partial charge in [0.15, 0.2) is 17.5 Å². The molecule has 0 unspecified atom stereocenters. The van der Waals surface area contributed by atoms with E-state index in [0.29, 0.717) is 17.5 Å². The van der Waals surface area contributed by atoms with E-state index in [1.807, 2.05) is 36.4 Å². The van der Waals surface area contributed by atoms with E-state index in [0.717, 1.165) is 38.9 Å². The maximum Gasteiger partial charge on any atom is 0.164 e. The van der Waals surface area contributed by atoms with Gasteiger partial charge in [-0.3, -0.25) is 0 Å². The molecule has 0 aliphatic heterocycles. The molecule has 0 saturated carbocycles. The fourth-order valence-corrected chi connectivity index (χ4v) is 9.25. The molecule has 12 aromatic rings. The fraction of sp³-hybridized carbons (Fsp3) is 0. The summed E-state index contributed by atoms with van der Waals surface area (Å²) in [6.07, 6.45) is 0. The molecule has 11 aromatic carbocycles. The average molecular weight is 736 g/mol. The third-order valence-corrected chi connectivity index (χ3v) is 11.8. The third-order valence-electron chi connectivity index (χ3n) is 11.8. The molecule has 1 heterocycles. The molecule has 3 nitrogen and oxygen atoms in total. The third kappa shape index (κ3) is 5.04. The Balaban J connectivity index is 1.14. The second kappa shape index (κ2) is 12.9. The highest BCUT2D eigenvalue weighted by molar-refractivity contribution is 6.37. The number of hydrogen-bond donors (Lipinski definition) is 0. The van der Waals surface area contributed by atoms with Crippen molar-refractivity contribution < 1.29 is 0 Å². The summed E-state index contributed by atoms with van der Waals surface area (Å²) in [6.45, 7) is 0. The number of benzene rings is 10. The summed E-state index contributed by atoms with van der Waals surface area (Å²) in [6, 6.07) is 71.9. The standard InChI is InChI=1S/C55H33N3/c1-3-14-37(15-4-1)53-56-54(38-16-5-2-6-17-38)58-55(57-53)47-24-10-9-23-43(47)42-22-8-7-21-41(42)40-32-39-31-30-36-19-12-26-45-44-25-11-18-34-28-29-35-20-13-27-46(51(35)49(34)44)48(33-40)52(39)50(36)45/h1-33H. The zero-order valence-electron chi connectivity index (χ0n) is 31.4. The fourth-order valence-electron chi connectivity index (χ4n) is 9.25. The monoisotopic (exact) mass is 735 g/mol. The Kier molecular flexibility index (Phi) is 7.23. The van der Waals surface area contributed by atoms with Crippen LogP contribution in [-0.4, -0.2) is 15.0 Å². The highest BCUT2D eigenvalue weighted by Gasteiger charge is 2.20. The number of nitrogens with zero attached hydrogens (tertiary/aromatic N) is 3. The topological polar surface area (TPSA) is 38.7 Å². The molecule has 0 radical (unpaired) electrons. The molecule has 0 aliphatic rings. The summed E-state index contributed by atoms with van der Waals surface area (Å²) in [4.78, 5) is 15.3. The van der Waals surface area contributed by atoms with Crippen molar-refractivity contribution in [2.45, 2.75) is 0 Å². The first-order valence-electron chi connectivity index (χ1n) is 19.8. The molecule has 0 atom stereocenters. The minimum absolute atomic E-state index is 0.636. The van der Waals surface area contributed by atoms with E-state index >= 15 is 0 Å². The van der Waals surface area contributed by atoms with Crippen LogP contribution in [0.5, 0.6) is 0 Å². The van der Waals surface area contributed by atoms with Crippen LogP contribution < -0.4 is 0 Å². The maximum absolute atomic E-state index is 5.15. The van der Waals surface area contributed by atoms with Gasteiger partial charge in [0.1, 0.15) is 0 Å². The number of rotatable bonds is 5. The van der Waals surface area contributed by atoms with Gasteiger partial charge in [0.25, 0.3) is 0 Å². The van der Waals surface area contributed by atoms with E-state index in [2.05, 4.69) is 164 Å². The van der Waals surface area contributed by atoms with Gasteiger partial charge in [-0.25, -0.2) is 15.0 Å². The molecular formula is C55H33N3. The van der Waals surface area contributed by atoms with E-state index in [1.165, 1.54) is 64.6 Å². The molecule has 3 heteroatoms. The molecule has 0 fully saturated rings. The number of hydrogen-bond acceptors (Lipinski definition) is 3. The van der Waals surface area contributed by atoms with Crippen LogP contribution in [0.4, 0.5) is 0 Å². The second-order valence-electron chi connectivity index (χ2n) is 15.1. The van der Waals surface area contributed by atoms with E-state index in [4.69, 9.17) is 15.0 Å². The van der Waals surface area contributed by atoms with Gasteiger partial charge in [0.2, 0.25) is 0 Å². The lowest BCUT2D eigenvalue weighted by atomic mass is 9.85. The summed E-state index contributed by atoms with van der Waals surface area (Å²) >= 11 is 0. The molecule has 0 saturated heterocycles. The van der Waals surface area contributed by atoms with Crippen LogP contribution in [-0.2, 0) is 0 Å². The van der Waals surface area contributed by atoms with E-state index in [9.17, 15) is 0 Å². The zero-order valence-corrected chi connectivity index (χ0v) is 31.4. The van der Waals surface area contributed by atoms with Crippen molar-refractivity contribution >= 4 is 64.6 Å². The van der Waals surface area contributed by atoms with E-state index < -0.39 is 0 Å². The van der Waals surface area contributed by atoms with Crippen molar-refractivity contribution in [3.8, 4) is 56.4 Å². The maximum atomic E-state index is 5.15. The van der Waals surface area contributed by atoms with Gasteiger partial charge < -0.3 is 0 Å². The lowest BCUT2D eigenvalue weighted by Crippen LogP contribution is -2.01. The van der Waals surface area contributed by atoms with E-state index in [1.54, 1.807) is 0 Å². The number of aromatic nitrogens is 3. The first kappa shape index (κ1) is 32.5. The van der Waals surface area contributed by atoms with Crippen LogP contribution in [0.25, 0.3) is 121 Å². The molecule has 268 valence electrons. The minimum Gasteiger partial charge on any atom is -0.208 e. The quantitative estimate of drug-likeness (QED) is 0.165. The first-order chi connectivity index (χ1) is 28.8. The first-order valence-corrected chi connectivity index (χ1v) is 19.8. The van der Waals surface area contributed by atoms with Gasteiger partial charge in [-0.2, -0.15) is 0 Å². The van der Waals surface area contributed by atoms with Gasteiger partial charge in [-0.05, 0) is 99.0 Å². The zero-order chi connectivity index (χ0) is 38.2. The molecular weight excluding hydrogens is 703 g/mol. The SMILES string of the molecule is c1ccc(-c2nc(-c3ccccc3)nc(-c3ccccc3-c3ccccc3-c3cc4ccc5cccc6c7cccc8ccc9cccc(c(c3)c4c56)c9c87)n2)cc1. The summed E-state index contributed by atoms with van der Waals surface area (Å²) in [5.74, 6) is 1.92. The Morgan fingerprint density at radius 1 is 0.224 bits per heavy atom. The highest BCUT2D eigenvalue weighted by atomic mass is 15.0. The van der Waals surface area contributed by atoms with Gasteiger partial charge in [-0.15, -0.1) is 0 Å². The molecule has 0 spiro atoms. The Morgan fingerprint density at radius 3 is 1.16 bits per heavy atom. The summed E-state index contributed by atoms with van der Waals surface area (Å²) in [5, 5.41) is 15.3. The van der Waals surface area contributed by atoms with Crippen molar-refractivity contribution in [2.24, 2.45) is 0 Å². The van der Waals surface area contributed by atoms with Gasteiger partial charge in [0.05, 0.1) is 0 Å². The predicted molar refractivity (Wildman–Crippen MR) is 243 cm³/mol. The summed E-state index contributed by atoms with van der Waals surface area (Å²) in [7, 11) is 0. The normalized spacial score (nSPS) is 11.8. The molecule has 12 rings (SSSR count). The van der Waals surface area contributed by atoms with Gasteiger partial charge in [-0.1, -0.05) is 188 Å². The predicted octanol–water partition coefficient (Wildman–Crippen LogP) is 14.6. The van der Waals surface area contributed by atoms with Crippen molar-refractivity contribution in [3.63, 3.8) is 0 Å². The summed E-state index contributed by atoms with van der Waals surface area (Å²) in [5.41, 5.74) is 7.33. The summed E-state index contributed by atoms with van der Waals surface area (Å²) < 4.78 is 0. The van der Waals surface area contributed by atoms with Crippen LogP contribution in [0.3, 0.4) is 0 Å². The molecule has 1 aromatic heterocycles. The van der Waals surface area contributed by atoms with Crippen LogP contribution in [0, 0.1) is 0 Å². The molecule has 0 bridgehead atoms. The Morgan fingerprint density at radius 2 is 0.621 bits per heavy atom. The second-order valence-corrected chi connectivity index (χ2v) is 15.1.